The topological polar surface area (TPSA) is 51.1 Å². The van der Waals surface area contributed by atoms with Crippen LogP contribution in [0.1, 0.15) is 5.56 Å². The van der Waals surface area contributed by atoms with Gasteiger partial charge in [0.2, 0.25) is 0 Å². The van der Waals surface area contributed by atoms with Gasteiger partial charge in [-0.2, -0.15) is 0 Å². The second kappa shape index (κ2) is 10.8. The Morgan fingerprint density at radius 3 is 2.57 bits per heavy atom. The Balaban J connectivity index is 1.92. The van der Waals surface area contributed by atoms with Gasteiger partial charge in [0.05, 0.1) is 32.7 Å². The molecule has 1 fully saturated rings. The molecule has 0 N–H and O–H groups in total. The van der Waals surface area contributed by atoms with Crippen LogP contribution < -0.4 is 4.74 Å². The van der Waals surface area contributed by atoms with Crippen LogP contribution in [0.5, 0.6) is 5.75 Å². The Hall–Kier alpha value is -2.05. The summed E-state index contributed by atoms with van der Waals surface area (Å²) in [6.45, 7) is 1.02. The predicted molar refractivity (Wildman–Crippen MR) is 129 cm³/mol. The maximum atomic E-state index is 13.0. The minimum Gasteiger partial charge on any atom is -0.479 e. The third-order valence-electron chi connectivity index (χ3n) is 4.01. The molecule has 0 saturated carbocycles. The van der Waals surface area contributed by atoms with Crippen molar-refractivity contribution in [1.82, 2.24) is 4.90 Å². The Morgan fingerprint density at radius 1 is 1.23 bits per heavy atom. The molecular weight excluding hydrogens is 532 g/mol. The second-order valence-electron chi connectivity index (χ2n) is 6.10. The van der Waals surface area contributed by atoms with Gasteiger partial charge in [-0.25, -0.2) is 4.99 Å². The van der Waals surface area contributed by atoms with Crippen molar-refractivity contribution < 1.29 is 14.3 Å². The number of amidine groups is 1. The quantitative estimate of drug-likeness (QED) is 0.339. The van der Waals surface area contributed by atoms with Gasteiger partial charge >= 0.3 is 0 Å². The molecule has 1 amide bonds. The van der Waals surface area contributed by atoms with Crippen LogP contribution in [0.25, 0.3) is 6.08 Å². The molecule has 0 radical (unpaired) electrons. The summed E-state index contributed by atoms with van der Waals surface area (Å²) in [5, 5.41) is 0.626. The molecule has 1 aliphatic heterocycles. The van der Waals surface area contributed by atoms with Crippen LogP contribution in [0, 0.1) is 12.3 Å². The third kappa shape index (κ3) is 5.55. The highest BCUT2D eigenvalue weighted by Crippen LogP contribution is 2.38. The number of terminal acetylenes is 1. The molecule has 5 nitrogen and oxygen atoms in total. The molecule has 154 valence electrons. The number of hydrogen-bond donors (Lipinski definition) is 0. The van der Waals surface area contributed by atoms with Crippen LogP contribution in [0.4, 0.5) is 5.69 Å². The van der Waals surface area contributed by atoms with Crippen LogP contribution in [-0.2, 0) is 9.53 Å². The molecule has 1 heterocycles. The number of nitrogens with zero attached hydrogens (tertiary/aromatic N) is 2. The largest absolute Gasteiger partial charge is 0.479 e. The average Bonchev–Trinajstić information content (AvgIpc) is 3.01. The van der Waals surface area contributed by atoms with E-state index in [1.54, 1.807) is 12.0 Å². The summed E-state index contributed by atoms with van der Waals surface area (Å²) >= 11 is 8.34. The fourth-order valence-electron chi connectivity index (χ4n) is 2.65. The van der Waals surface area contributed by atoms with Gasteiger partial charge in [0.1, 0.15) is 12.4 Å². The van der Waals surface area contributed by atoms with E-state index in [-0.39, 0.29) is 12.5 Å². The maximum Gasteiger partial charge on any atom is 0.266 e. The summed E-state index contributed by atoms with van der Waals surface area (Å²) in [6, 6.07) is 13.3. The first-order valence-corrected chi connectivity index (χ1v) is 11.3. The van der Waals surface area contributed by atoms with Crippen LogP contribution in [0.2, 0.25) is 0 Å². The van der Waals surface area contributed by atoms with Crippen LogP contribution in [0.3, 0.4) is 0 Å². The highest BCUT2D eigenvalue weighted by molar-refractivity contribution is 9.11. The van der Waals surface area contributed by atoms with E-state index in [0.717, 1.165) is 20.2 Å². The Bertz CT molecular complexity index is 1010. The molecule has 0 unspecified atom stereocenters. The minimum atomic E-state index is -0.105. The van der Waals surface area contributed by atoms with E-state index in [1.807, 2.05) is 48.5 Å². The molecule has 2 aromatic rings. The van der Waals surface area contributed by atoms with Gasteiger partial charge in [0.25, 0.3) is 5.91 Å². The fraction of sp³-hybridized carbons (Fsp3) is 0.182. The van der Waals surface area contributed by atoms with Crippen molar-refractivity contribution in [3.05, 3.63) is 61.9 Å². The first kappa shape index (κ1) is 22.6. The molecule has 0 spiro atoms. The SMILES string of the molecule is C#CCOc1c(Br)cc(/C=C2/SC(=Nc3ccccc3)N(CCOC)C2=O)cc1Br. The summed E-state index contributed by atoms with van der Waals surface area (Å²) in [4.78, 5) is 19.9. The first-order chi connectivity index (χ1) is 14.5. The van der Waals surface area contributed by atoms with E-state index in [9.17, 15) is 4.79 Å². The van der Waals surface area contributed by atoms with Gasteiger partial charge in [0.15, 0.2) is 5.17 Å². The molecule has 3 rings (SSSR count). The number of para-hydroxylation sites is 1. The molecule has 8 heteroatoms. The Kier molecular flexibility index (Phi) is 8.16. The van der Waals surface area contributed by atoms with Crippen molar-refractivity contribution in [1.29, 1.82) is 0 Å². The lowest BCUT2D eigenvalue weighted by Gasteiger charge is -2.14. The number of hydrogen-bond acceptors (Lipinski definition) is 5. The number of carbonyl (C=O) groups is 1. The first-order valence-electron chi connectivity index (χ1n) is 8.93. The number of benzene rings is 2. The number of methoxy groups -OCH3 is 1. The zero-order chi connectivity index (χ0) is 21.5. The molecule has 2 aromatic carbocycles. The van der Waals surface area contributed by atoms with E-state index < -0.39 is 0 Å². The smallest absolute Gasteiger partial charge is 0.266 e. The van der Waals surface area contributed by atoms with Crippen molar-refractivity contribution in [2.24, 2.45) is 4.99 Å². The van der Waals surface area contributed by atoms with Crippen molar-refractivity contribution in [2.45, 2.75) is 0 Å². The lowest BCUT2D eigenvalue weighted by molar-refractivity contribution is -0.122. The zero-order valence-electron chi connectivity index (χ0n) is 16.1. The number of ether oxygens (including phenoxy) is 2. The molecule has 30 heavy (non-hydrogen) atoms. The van der Waals surface area contributed by atoms with Crippen molar-refractivity contribution in [2.75, 3.05) is 26.9 Å². The van der Waals surface area contributed by atoms with Crippen LogP contribution in [0.15, 0.2) is 61.3 Å². The van der Waals surface area contributed by atoms with Gasteiger partial charge in [-0.05, 0) is 79.5 Å². The van der Waals surface area contributed by atoms with Crippen molar-refractivity contribution in [3.63, 3.8) is 0 Å². The summed E-state index contributed by atoms with van der Waals surface area (Å²) in [6.07, 6.45) is 7.10. The van der Waals surface area contributed by atoms with E-state index in [2.05, 4.69) is 42.8 Å². The maximum absolute atomic E-state index is 13.0. The standard InChI is InChI=1S/C22H18Br2N2O3S/c1-3-10-29-20-17(23)12-15(13-18(20)24)14-19-21(27)26(9-11-28-2)22(30-19)25-16-7-5-4-6-8-16/h1,4-8,12-14H,9-11H2,2H3/b19-14+,25-22?. The number of thioether (sulfide) groups is 1. The van der Waals surface area contributed by atoms with E-state index in [4.69, 9.17) is 15.9 Å². The lowest BCUT2D eigenvalue weighted by Crippen LogP contribution is -2.32. The van der Waals surface area contributed by atoms with Crippen LogP contribution in [-0.4, -0.2) is 42.8 Å². The van der Waals surface area contributed by atoms with E-state index in [0.29, 0.717) is 29.0 Å². The summed E-state index contributed by atoms with van der Waals surface area (Å²) < 4.78 is 12.2. The monoisotopic (exact) mass is 548 g/mol. The number of halogens is 2. The van der Waals surface area contributed by atoms with Crippen molar-refractivity contribution in [3.8, 4) is 18.1 Å². The van der Waals surface area contributed by atoms with E-state index in [1.165, 1.54) is 11.8 Å². The number of amides is 1. The molecule has 0 bridgehead atoms. The zero-order valence-corrected chi connectivity index (χ0v) is 20.1. The van der Waals surface area contributed by atoms with Gasteiger partial charge < -0.3 is 9.47 Å². The predicted octanol–water partition coefficient (Wildman–Crippen LogP) is 5.47. The highest BCUT2D eigenvalue weighted by atomic mass is 79.9. The number of aliphatic imine (C=N–C) groups is 1. The summed E-state index contributed by atoms with van der Waals surface area (Å²) in [7, 11) is 1.61. The minimum absolute atomic E-state index is 0.105. The summed E-state index contributed by atoms with van der Waals surface area (Å²) in [5.74, 6) is 2.96. The number of carbonyl (C=O) groups excluding carboxylic acids is 1. The molecular formula is C22H18Br2N2O3S. The molecule has 1 aliphatic rings. The van der Waals surface area contributed by atoms with Gasteiger partial charge in [-0.3, -0.25) is 9.69 Å². The number of rotatable bonds is 7. The van der Waals surface area contributed by atoms with Gasteiger partial charge in [-0.1, -0.05) is 24.1 Å². The second-order valence-corrected chi connectivity index (χ2v) is 8.81. The van der Waals surface area contributed by atoms with Crippen molar-refractivity contribution >= 4 is 66.5 Å². The summed E-state index contributed by atoms with van der Waals surface area (Å²) in [5.41, 5.74) is 1.63. The fourth-order valence-corrected chi connectivity index (χ4v) is 5.13. The van der Waals surface area contributed by atoms with Gasteiger partial charge in [-0.15, -0.1) is 6.42 Å². The average molecular weight is 550 g/mol. The third-order valence-corrected chi connectivity index (χ3v) is 6.19. The molecule has 0 aromatic heterocycles. The van der Waals surface area contributed by atoms with Gasteiger partial charge in [0, 0.05) is 7.11 Å². The normalized spacial score (nSPS) is 16.3. The van der Waals surface area contributed by atoms with Crippen LogP contribution >= 0.6 is 43.6 Å². The molecule has 0 atom stereocenters. The molecule has 1 saturated heterocycles. The highest BCUT2D eigenvalue weighted by Gasteiger charge is 2.33. The van der Waals surface area contributed by atoms with E-state index >= 15 is 0 Å². The molecule has 0 aliphatic carbocycles. The Morgan fingerprint density at radius 2 is 1.93 bits per heavy atom. The Labute approximate surface area is 196 Å². The lowest BCUT2D eigenvalue weighted by atomic mass is 10.2.